The number of thiophene rings is 1. The van der Waals surface area contributed by atoms with E-state index in [4.69, 9.17) is 0 Å². The summed E-state index contributed by atoms with van der Waals surface area (Å²) in [6.45, 7) is 1.62. The predicted octanol–water partition coefficient (Wildman–Crippen LogP) is 4.33. The number of ketones is 1. The topological polar surface area (TPSA) is 17.1 Å². The number of Topliss-reactive ketones (excluding diaryl/α,β-unsaturated/α-hetero) is 1. The second-order valence-electron chi connectivity index (χ2n) is 4.40. The summed E-state index contributed by atoms with van der Waals surface area (Å²) in [5, 5.41) is 0. The van der Waals surface area contributed by atoms with Gasteiger partial charge < -0.3 is 0 Å². The summed E-state index contributed by atoms with van der Waals surface area (Å²) < 4.78 is 0. The van der Waals surface area contributed by atoms with Gasteiger partial charge in [0.15, 0.2) is 5.78 Å². The summed E-state index contributed by atoms with van der Waals surface area (Å²) in [6.07, 6.45) is 2.49. The van der Waals surface area contributed by atoms with Crippen molar-refractivity contribution in [3.05, 3.63) is 52.8 Å². The Balaban J connectivity index is 1.96. The van der Waals surface area contributed by atoms with Gasteiger partial charge in [0.2, 0.25) is 0 Å². The molecule has 0 saturated heterocycles. The number of carbonyl (C=O) groups is 1. The summed E-state index contributed by atoms with van der Waals surface area (Å²) in [6, 6.07) is 12.6. The molecule has 1 heterocycles. The van der Waals surface area contributed by atoms with E-state index in [-0.39, 0.29) is 5.78 Å². The Kier molecular flexibility index (Phi) is 2.60. The number of hydrogen-bond donors (Lipinski definition) is 0. The fourth-order valence-corrected chi connectivity index (χ4v) is 2.82. The molecule has 0 spiro atoms. The van der Waals surface area contributed by atoms with E-state index in [1.807, 2.05) is 12.1 Å². The van der Waals surface area contributed by atoms with Crippen LogP contribution in [0, 0.1) is 5.92 Å². The molecular formula is C15H13OS. The van der Waals surface area contributed by atoms with Crippen LogP contribution in [0.15, 0.2) is 36.4 Å². The van der Waals surface area contributed by atoms with Crippen molar-refractivity contribution in [2.75, 3.05) is 0 Å². The van der Waals surface area contributed by atoms with Gasteiger partial charge in [0.1, 0.15) is 0 Å². The minimum atomic E-state index is 0.147. The molecular weight excluding hydrogens is 228 g/mol. The average molecular weight is 241 g/mol. The van der Waals surface area contributed by atoms with Gasteiger partial charge in [-0.25, -0.2) is 0 Å². The summed E-state index contributed by atoms with van der Waals surface area (Å²) in [4.78, 5) is 13.3. The third-order valence-electron chi connectivity index (χ3n) is 3.01. The van der Waals surface area contributed by atoms with Crippen molar-refractivity contribution >= 4 is 17.1 Å². The standard InChI is InChI=1S/C15H13OS/c1-10(16)14-7-8-15(17-14)13-4-2-3-12(9-13)11-5-6-11/h2-4,7-9H,5-6H2,1H3. The van der Waals surface area contributed by atoms with Crippen LogP contribution < -0.4 is 0 Å². The van der Waals surface area contributed by atoms with Gasteiger partial charge in [-0.2, -0.15) is 0 Å². The van der Waals surface area contributed by atoms with E-state index in [9.17, 15) is 4.79 Å². The first-order valence-electron chi connectivity index (χ1n) is 5.80. The molecule has 3 rings (SSSR count). The molecule has 1 saturated carbocycles. The molecule has 0 aliphatic heterocycles. The molecule has 0 unspecified atom stereocenters. The molecule has 0 bridgehead atoms. The molecule has 1 fully saturated rings. The third-order valence-corrected chi connectivity index (χ3v) is 4.24. The normalized spacial score (nSPS) is 14.9. The molecule has 1 aromatic heterocycles. The molecule has 1 aromatic carbocycles. The van der Waals surface area contributed by atoms with E-state index in [0.29, 0.717) is 0 Å². The van der Waals surface area contributed by atoms with Crippen LogP contribution in [0.25, 0.3) is 10.4 Å². The first-order chi connectivity index (χ1) is 8.24. The fraction of sp³-hybridized carbons (Fsp3) is 0.200. The molecule has 1 aliphatic rings. The molecule has 1 nitrogen and oxygen atoms in total. The highest BCUT2D eigenvalue weighted by molar-refractivity contribution is 7.17. The van der Waals surface area contributed by atoms with E-state index < -0.39 is 0 Å². The largest absolute Gasteiger partial charge is 0.294 e. The van der Waals surface area contributed by atoms with Crippen LogP contribution in [0.3, 0.4) is 0 Å². The summed E-state index contributed by atoms with van der Waals surface area (Å²) in [5.74, 6) is 1.70. The van der Waals surface area contributed by atoms with Gasteiger partial charge in [0.25, 0.3) is 0 Å². The average Bonchev–Trinajstić information content (AvgIpc) is 3.06. The van der Waals surface area contributed by atoms with Crippen LogP contribution in [-0.2, 0) is 0 Å². The van der Waals surface area contributed by atoms with Crippen LogP contribution in [0.2, 0.25) is 0 Å². The first kappa shape index (κ1) is 10.7. The Morgan fingerprint density at radius 1 is 1.12 bits per heavy atom. The third kappa shape index (κ3) is 2.18. The van der Waals surface area contributed by atoms with Crippen LogP contribution in [0.1, 0.15) is 35.0 Å². The summed E-state index contributed by atoms with van der Waals surface area (Å²) in [5.41, 5.74) is 2.58. The van der Waals surface area contributed by atoms with Crippen molar-refractivity contribution in [3.8, 4) is 10.4 Å². The minimum absolute atomic E-state index is 0.147. The number of carbonyl (C=O) groups excluding carboxylic acids is 1. The Labute approximate surface area is 105 Å². The fourth-order valence-electron chi connectivity index (χ4n) is 1.93. The predicted molar refractivity (Wildman–Crippen MR) is 71.3 cm³/mol. The monoisotopic (exact) mass is 241 g/mol. The van der Waals surface area contributed by atoms with Gasteiger partial charge in [-0.05, 0) is 49.1 Å². The van der Waals surface area contributed by atoms with Crippen LogP contribution >= 0.6 is 11.3 Å². The maximum atomic E-state index is 11.3. The number of benzene rings is 1. The Bertz CT molecular complexity index is 564. The highest BCUT2D eigenvalue weighted by atomic mass is 32.1. The molecule has 2 heteroatoms. The Morgan fingerprint density at radius 2 is 1.88 bits per heavy atom. The molecule has 1 radical (unpaired) electrons. The van der Waals surface area contributed by atoms with Gasteiger partial charge in [0.05, 0.1) is 4.88 Å². The van der Waals surface area contributed by atoms with Gasteiger partial charge in [-0.1, -0.05) is 18.2 Å². The minimum Gasteiger partial charge on any atom is -0.294 e. The van der Waals surface area contributed by atoms with E-state index in [1.165, 1.54) is 28.8 Å². The molecule has 0 N–H and O–H groups in total. The lowest BCUT2D eigenvalue weighted by Gasteiger charge is -2.01. The molecule has 85 valence electrons. The zero-order valence-corrected chi connectivity index (χ0v) is 10.5. The van der Waals surface area contributed by atoms with Crippen molar-refractivity contribution in [2.24, 2.45) is 0 Å². The van der Waals surface area contributed by atoms with Crippen molar-refractivity contribution < 1.29 is 4.79 Å². The lowest BCUT2D eigenvalue weighted by atomic mass is 10.1. The highest BCUT2D eigenvalue weighted by Crippen LogP contribution is 2.40. The second-order valence-corrected chi connectivity index (χ2v) is 5.49. The summed E-state index contributed by atoms with van der Waals surface area (Å²) in [7, 11) is 0. The van der Waals surface area contributed by atoms with Crippen LogP contribution in [0.4, 0.5) is 0 Å². The zero-order valence-electron chi connectivity index (χ0n) is 9.69. The van der Waals surface area contributed by atoms with Gasteiger partial charge in [-0.3, -0.25) is 4.79 Å². The zero-order chi connectivity index (χ0) is 11.8. The van der Waals surface area contributed by atoms with Crippen molar-refractivity contribution in [1.29, 1.82) is 0 Å². The molecule has 2 aromatic rings. The second kappa shape index (κ2) is 4.11. The quantitative estimate of drug-likeness (QED) is 0.731. The van der Waals surface area contributed by atoms with Crippen molar-refractivity contribution in [2.45, 2.75) is 19.8 Å². The van der Waals surface area contributed by atoms with Gasteiger partial charge in [0, 0.05) is 10.8 Å². The van der Waals surface area contributed by atoms with Crippen LogP contribution in [0.5, 0.6) is 0 Å². The van der Waals surface area contributed by atoms with Crippen molar-refractivity contribution in [1.82, 2.24) is 0 Å². The first-order valence-corrected chi connectivity index (χ1v) is 6.62. The molecule has 1 aliphatic carbocycles. The number of rotatable bonds is 3. The van der Waals surface area contributed by atoms with E-state index in [1.54, 1.807) is 24.2 Å². The maximum absolute atomic E-state index is 11.3. The van der Waals surface area contributed by atoms with E-state index in [2.05, 4.69) is 24.3 Å². The van der Waals surface area contributed by atoms with Crippen molar-refractivity contribution in [3.63, 3.8) is 0 Å². The maximum Gasteiger partial charge on any atom is 0.169 e. The number of hydrogen-bond acceptors (Lipinski definition) is 2. The molecule has 0 amide bonds. The lowest BCUT2D eigenvalue weighted by molar-refractivity contribution is 0.102. The van der Waals surface area contributed by atoms with Gasteiger partial charge in [-0.15, -0.1) is 11.3 Å². The van der Waals surface area contributed by atoms with E-state index >= 15 is 0 Å². The summed E-state index contributed by atoms with van der Waals surface area (Å²) >= 11 is 1.58. The Morgan fingerprint density at radius 3 is 2.53 bits per heavy atom. The SMILES string of the molecule is CC(=O)c1ccc(-c2cccc([C]3CC3)c2)s1. The lowest BCUT2D eigenvalue weighted by Crippen LogP contribution is -1.83. The molecule has 17 heavy (non-hydrogen) atoms. The highest BCUT2D eigenvalue weighted by Gasteiger charge is 2.24. The smallest absolute Gasteiger partial charge is 0.169 e. The van der Waals surface area contributed by atoms with Gasteiger partial charge >= 0.3 is 0 Å². The van der Waals surface area contributed by atoms with Crippen LogP contribution in [-0.4, -0.2) is 5.78 Å². The Hall–Kier alpha value is -1.41. The van der Waals surface area contributed by atoms with E-state index in [0.717, 1.165) is 4.88 Å². The molecule has 0 atom stereocenters.